The zero-order valence-corrected chi connectivity index (χ0v) is 50.7. The first kappa shape index (κ1) is 52.6. The van der Waals surface area contributed by atoms with E-state index in [1.165, 1.54) is 137 Å². The van der Waals surface area contributed by atoms with Crippen LogP contribution in [-0.2, 0) is 17.3 Å². The molecule has 0 N–H and O–H groups in total. The van der Waals surface area contributed by atoms with Crippen LogP contribution in [0.25, 0.3) is 98.4 Å². The Bertz CT molecular complexity index is 4990. The van der Waals surface area contributed by atoms with Crippen molar-refractivity contribution in [3.63, 3.8) is 0 Å². The fraction of sp³-hybridized carbons (Fsp3) is 0.195. The summed E-state index contributed by atoms with van der Waals surface area (Å²) in [6.45, 7) is 23.0. The Labute approximate surface area is 500 Å². The highest BCUT2D eigenvalue weighted by Crippen LogP contribution is 2.53. The third kappa shape index (κ3) is 8.44. The normalized spacial score (nSPS) is 13.0. The van der Waals surface area contributed by atoms with Crippen LogP contribution in [0.1, 0.15) is 126 Å². The van der Waals surface area contributed by atoms with Crippen LogP contribution in [0, 0.1) is 0 Å². The van der Waals surface area contributed by atoms with Gasteiger partial charge in [-0.25, -0.2) is 0 Å². The van der Waals surface area contributed by atoms with Gasteiger partial charge < -0.3 is 13.7 Å². The molecule has 0 aliphatic heterocycles. The van der Waals surface area contributed by atoms with Gasteiger partial charge in [-0.3, -0.25) is 0 Å². The van der Waals surface area contributed by atoms with Gasteiger partial charge in [0, 0.05) is 60.4 Å². The fourth-order valence-corrected chi connectivity index (χ4v) is 14.3. The molecule has 3 nitrogen and oxygen atoms in total. The Hall–Kier alpha value is -9.18. The second-order valence-corrected chi connectivity index (χ2v) is 26.9. The fourth-order valence-electron chi connectivity index (χ4n) is 14.3. The lowest BCUT2D eigenvalue weighted by atomic mass is 9.82. The minimum atomic E-state index is 0.0397. The van der Waals surface area contributed by atoms with Crippen LogP contribution in [0.4, 0.5) is 17.1 Å². The second-order valence-electron chi connectivity index (χ2n) is 26.9. The molecule has 0 saturated carbocycles. The van der Waals surface area contributed by atoms with Gasteiger partial charge in [-0.2, -0.15) is 0 Å². The molecule has 1 atom stereocenters. The molecule has 0 radical (unpaired) electrons. The van der Waals surface area contributed by atoms with E-state index in [1.807, 2.05) is 0 Å². The standard InChI is InChI=1S/C82H73N3/c1-50(2)53-27-29-57(30-28-53)67(47-52-19-13-11-14-20-52)64-43-44-65-68-48-74-69(49-73(68)84-70-25-17-23-62(75(70)77(64)79(65)84)55-31-37-58(38-32-55)81(5,6)7)66-45-46-72(83(60-21-15-12-16-22-60)61-41-35-54(36-42-61)51(3)4)78-76-63(24-18-26-71(76)85(74)80(66)78)56-33-39-59(40-34-56)82(8,9)10/h11-46,48-51,67H,47H2,1-10H3. The molecule has 0 spiro atoms. The van der Waals surface area contributed by atoms with Crippen molar-refractivity contribution in [3.8, 4) is 22.3 Å². The number of aromatic nitrogens is 2. The molecule has 0 aliphatic rings. The van der Waals surface area contributed by atoms with Gasteiger partial charge in [0.1, 0.15) is 0 Å². The van der Waals surface area contributed by atoms with Gasteiger partial charge in [0.05, 0.1) is 38.8 Å². The molecule has 1 unspecified atom stereocenters. The average molecular weight is 1100 g/mol. The number of anilines is 3. The summed E-state index contributed by atoms with van der Waals surface area (Å²) in [5, 5.41) is 10.2. The summed E-state index contributed by atoms with van der Waals surface area (Å²) in [5.41, 5.74) is 25.3. The van der Waals surface area contributed by atoms with Gasteiger partial charge in [0.25, 0.3) is 0 Å². The molecule has 0 bridgehead atoms. The first-order chi connectivity index (χ1) is 41.1. The van der Waals surface area contributed by atoms with Crippen molar-refractivity contribution >= 4 is 93.3 Å². The zero-order valence-electron chi connectivity index (χ0n) is 50.7. The maximum absolute atomic E-state index is 2.64. The van der Waals surface area contributed by atoms with Crippen molar-refractivity contribution in [2.24, 2.45) is 0 Å². The largest absolute Gasteiger partial charge is 0.310 e. The molecular weight excluding hydrogens is 1030 g/mol. The van der Waals surface area contributed by atoms with Crippen molar-refractivity contribution in [2.45, 2.75) is 104 Å². The summed E-state index contributed by atoms with van der Waals surface area (Å²) in [6, 6.07) is 88.6. The topological polar surface area (TPSA) is 12.1 Å². The number of para-hydroxylation sites is 1. The summed E-state index contributed by atoms with van der Waals surface area (Å²) < 4.78 is 5.26. The summed E-state index contributed by atoms with van der Waals surface area (Å²) in [7, 11) is 0. The number of rotatable bonds is 11. The van der Waals surface area contributed by atoms with Crippen molar-refractivity contribution in [3.05, 3.63) is 269 Å². The van der Waals surface area contributed by atoms with Gasteiger partial charge in [-0.1, -0.05) is 245 Å². The SMILES string of the molecule is CC(C)c1ccc(C(Cc2ccccc2)c2ccc3c4cc5c(cc4n4c6cccc(-c7ccc(C(C)(C)C)cc7)c6c2c34)c2ccc(N(c3ccccc3)c3ccc(C(C)C)cc3)c3c4c(-c6ccc(C(C)(C)C)cc6)cccc4n5c23)cc1. The predicted molar refractivity (Wildman–Crippen MR) is 365 cm³/mol. The second kappa shape index (κ2) is 19.7. The number of hydrogen-bond donors (Lipinski definition) is 0. The molecule has 4 aromatic heterocycles. The van der Waals surface area contributed by atoms with Gasteiger partial charge in [0.15, 0.2) is 0 Å². The quantitative estimate of drug-likeness (QED) is 0.126. The lowest BCUT2D eigenvalue weighted by Crippen LogP contribution is -2.10. The van der Waals surface area contributed by atoms with Crippen molar-refractivity contribution < 1.29 is 0 Å². The molecule has 0 aliphatic carbocycles. The average Bonchev–Trinajstić information content (AvgIpc) is 1.53. The molecule has 11 aromatic carbocycles. The molecule has 0 fully saturated rings. The lowest BCUT2D eigenvalue weighted by molar-refractivity contribution is 0.590. The van der Waals surface area contributed by atoms with E-state index in [0.29, 0.717) is 11.8 Å². The minimum absolute atomic E-state index is 0.0397. The summed E-state index contributed by atoms with van der Waals surface area (Å²) in [6.07, 6.45) is 0.885. The Balaban J connectivity index is 1.05. The third-order valence-electron chi connectivity index (χ3n) is 18.9. The van der Waals surface area contributed by atoms with Crippen molar-refractivity contribution in [2.75, 3.05) is 4.90 Å². The first-order valence-corrected chi connectivity index (χ1v) is 30.8. The van der Waals surface area contributed by atoms with E-state index in [0.717, 1.165) is 23.5 Å². The van der Waals surface area contributed by atoms with E-state index >= 15 is 0 Å². The summed E-state index contributed by atoms with van der Waals surface area (Å²) >= 11 is 0. The highest BCUT2D eigenvalue weighted by molar-refractivity contribution is 6.33. The zero-order chi connectivity index (χ0) is 58.2. The van der Waals surface area contributed by atoms with Crippen LogP contribution in [0.15, 0.2) is 231 Å². The van der Waals surface area contributed by atoms with E-state index in [-0.39, 0.29) is 16.7 Å². The predicted octanol–water partition coefficient (Wildman–Crippen LogP) is 23.0. The summed E-state index contributed by atoms with van der Waals surface area (Å²) in [4.78, 5) is 2.49. The van der Waals surface area contributed by atoms with Crippen LogP contribution >= 0.6 is 0 Å². The monoisotopic (exact) mass is 1100 g/mol. The van der Waals surface area contributed by atoms with Gasteiger partial charge >= 0.3 is 0 Å². The van der Waals surface area contributed by atoms with Crippen LogP contribution < -0.4 is 4.90 Å². The van der Waals surface area contributed by atoms with Gasteiger partial charge in [-0.05, 0) is 145 Å². The number of benzene rings is 11. The summed E-state index contributed by atoms with van der Waals surface area (Å²) in [5.74, 6) is 0.979. The van der Waals surface area contributed by atoms with E-state index < -0.39 is 0 Å². The molecule has 85 heavy (non-hydrogen) atoms. The third-order valence-corrected chi connectivity index (χ3v) is 18.9. The van der Waals surface area contributed by atoms with Crippen LogP contribution in [0.5, 0.6) is 0 Å². The maximum atomic E-state index is 2.64. The molecule has 4 heterocycles. The Kier molecular flexibility index (Phi) is 12.2. The van der Waals surface area contributed by atoms with E-state index in [2.05, 4.69) is 313 Å². The minimum Gasteiger partial charge on any atom is -0.310 e. The van der Waals surface area contributed by atoms with Crippen molar-refractivity contribution in [1.82, 2.24) is 8.80 Å². The number of nitrogens with zero attached hydrogens (tertiary/aromatic N) is 3. The molecule has 15 rings (SSSR count). The van der Waals surface area contributed by atoms with E-state index in [9.17, 15) is 0 Å². The van der Waals surface area contributed by atoms with Crippen LogP contribution in [0.2, 0.25) is 0 Å². The molecule has 3 heteroatoms. The Morgan fingerprint density at radius 2 is 0.812 bits per heavy atom. The van der Waals surface area contributed by atoms with E-state index in [1.54, 1.807) is 0 Å². The van der Waals surface area contributed by atoms with Crippen LogP contribution in [0.3, 0.4) is 0 Å². The first-order valence-electron chi connectivity index (χ1n) is 30.8. The van der Waals surface area contributed by atoms with Gasteiger partial charge in [-0.15, -0.1) is 0 Å². The lowest BCUT2D eigenvalue weighted by Gasteiger charge is -2.27. The highest BCUT2D eigenvalue weighted by atomic mass is 15.1. The smallest absolute Gasteiger partial charge is 0.0641 e. The molecule has 0 amide bonds. The van der Waals surface area contributed by atoms with E-state index in [4.69, 9.17) is 0 Å². The molecule has 0 saturated heterocycles. The van der Waals surface area contributed by atoms with Crippen molar-refractivity contribution in [1.29, 1.82) is 0 Å². The Morgan fingerprint density at radius 1 is 0.365 bits per heavy atom. The number of fused-ring (bicyclic) bond motifs is 12. The Morgan fingerprint density at radius 3 is 1.32 bits per heavy atom. The highest BCUT2D eigenvalue weighted by Gasteiger charge is 2.31. The maximum Gasteiger partial charge on any atom is 0.0641 e. The van der Waals surface area contributed by atoms with Crippen LogP contribution in [-0.4, -0.2) is 8.80 Å². The van der Waals surface area contributed by atoms with Gasteiger partial charge in [0.2, 0.25) is 0 Å². The molecule has 416 valence electrons. The number of hydrogen-bond acceptors (Lipinski definition) is 1. The molecule has 15 aromatic rings. The molecular formula is C82H73N3.